The SMILES string of the molecule is CC=CC(=O)OCC(=O)CC(C)=O. The van der Waals surface area contributed by atoms with E-state index >= 15 is 0 Å². The van der Waals surface area contributed by atoms with E-state index in [0.717, 1.165) is 0 Å². The number of allylic oxidation sites excluding steroid dienone is 1. The van der Waals surface area contributed by atoms with Crippen LogP contribution < -0.4 is 0 Å². The standard InChI is InChI=1S/C9H12O4/c1-3-4-9(12)13-6-8(11)5-7(2)10/h3-4H,5-6H2,1-2H3. The predicted octanol–water partition coefficient (Wildman–Crippen LogP) is 0.654. The molecule has 0 aromatic heterocycles. The van der Waals surface area contributed by atoms with Gasteiger partial charge in [0, 0.05) is 6.08 Å². The largest absolute Gasteiger partial charge is 0.455 e. The molecule has 72 valence electrons. The molecule has 0 spiro atoms. The molecule has 0 aliphatic carbocycles. The highest BCUT2D eigenvalue weighted by Gasteiger charge is 2.07. The second-order valence-corrected chi connectivity index (χ2v) is 2.53. The van der Waals surface area contributed by atoms with Crippen molar-refractivity contribution in [3.05, 3.63) is 12.2 Å². The normalized spacial score (nSPS) is 10.0. The first-order valence-electron chi connectivity index (χ1n) is 3.87. The lowest BCUT2D eigenvalue weighted by molar-refractivity contribution is -0.144. The molecule has 0 aromatic carbocycles. The average molecular weight is 184 g/mol. The van der Waals surface area contributed by atoms with Crippen LogP contribution in [0, 0.1) is 0 Å². The summed E-state index contributed by atoms with van der Waals surface area (Å²) in [6.45, 7) is 2.65. The monoisotopic (exact) mass is 184 g/mol. The molecule has 0 rings (SSSR count). The Morgan fingerprint density at radius 2 is 1.92 bits per heavy atom. The van der Waals surface area contributed by atoms with E-state index in [2.05, 4.69) is 4.74 Å². The zero-order chi connectivity index (χ0) is 10.3. The van der Waals surface area contributed by atoms with Gasteiger partial charge in [-0.1, -0.05) is 6.08 Å². The fourth-order valence-corrected chi connectivity index (χ4v) is 0.665. The molecule has 0 aliphatic rings. The van der Waals surface area contributed by atoms with Gasteiger partial charge in [0.2, 0.25) is 0 Å². The van der Waals surface area contributed by atoms with Gasteiger partial charge < -0.3 is 4.74 Å². The molecule has 4 nitrogen and oxygen atoms in total. The van der Waals surface area contributed by atoms with Crippen LogP contribution in [0.15, 0.2) is 12.2 Å². The minimum absolute atomic E-state index is 0.177. The highest BCUT2D eigenvalue weighted by atomic mass is 16.5. The molecule has 0 N–H and O–H groups in total. The summed E-state index contributed by atoms with van der Waals surface area (Å²) in [6.07, 6.45) is 2.54. The van der Waals surface area contributed by atoms with Gasteiger partial charge in [-0.2, -0.15) is 0 Å². The smallest absolute Gasteiger partial charge is 0.330 e. The summed E-state index contributed by atoms with van der Waals surface area (Å²) in [4.78, 5) is 32.0. The maximum atomic E-state index is 10.8. The maximum Gasteiger partial charge on any atom is 0.330 e. The van der Waals surface area contributed by atoms with E-state index in [1.165, 1.54) is 19.1 Å². The van der Waals surface area contributed by atoms with E-state index in [0.29, 0.717) is 0 Å². The summed E-state index contributed by atoms with van der Waals surface area (Å²) in [5.74, 6) is -1.18. The molecule has 0 amide bonds. The number of ether oxygens (including phenoxy) is 1. The van der Waals surface area contributed by atoms with Crippen LogP contribution in [-0.2, 0) is 19.1 Å². The van der Waals surface area contributed by atoms with Crippen molar-refractivity contribution in [1.82, 2.24) is 0 Å². The number of carbonyl (C=O) groups excluding carboxylic acids is 3. The van der Waals surface area contributed by atoms with Gasteiger partial charge >= 0.3 is 5.97 Å². The summed E-state index contributed by atoms with van der Waals surface area (Å²) >= 11 is 0. The zero-order valence-corrected chi connectivity index (χ0v) is 7.70. The number of hydrogen-bond donors (Lipinski definition) is 0. The third-order valence-electron chi connectivity index (χ3n) is 1.12. The van der Waals surface area contributed by atoms with Crippen molar-refractivity contribution in [3.8, 4) is 0 Å². The highest BCUT2D eigenvalue weighted by Crippen LogP contribution is 1.88. The number of esters is 1. The maximum absolute atomic E-state index is 10.8. The first-order valence-corrected chi connectivity index (χ1v) is 3.87. The van der Waals surface area contributed by atoms with Crippen molar-refractivity contribution >= 4 is 17.5 Å². The van der Waals surface area contributed by atoms with Gasteiger partial charge in [-0.25, -0.2) is 4.79 Å². The third-order valence-corrected chi connectivity index (χ3v) is 1.12. The molecule has 13 heavy (non-hydrogen) atoms. The van der Waals surface area contributed by atoms with Gasteiger partial charge in [-0.05, 0) is 13.8 Å². The van der Waals surface area contributed by atoms with Crippen LogP contribution in [-0.4, -0.2) is 24.1 Å². The Kier molecular flexibility index (Phi) is 5.43. The minimum Gasteiger partial charge on any atom is -0.455 e. The molecule has 0 unspecified atom stereocenters. The van der Waals surface area contributed by atoms with E-state index in [-0.39, 0.29) is 24.6 Å². The summed E-state index contributed by atoms with van der Waals surface area (Å²) in [7, 11) is 0. The van der Waals surface area contributed by atoms with E-state index in [9.17, 15) is 14.4 Å². The van der Waals surface area contributed by atoms with Crippen LogP contribution in [0.4, 0.5) is 0 Å². The van der Waals surface area contributed by atoms with E-state index in [1.807, 2.05) is 0 Å². The van der Waals surface area contributed by atoms with Crippen molar-refractivity contribution in [2.24, 2.45) is 0 Å². The van der Waals surface area contributed by atoms with Crippen LogP contribution in [0.1, 0.15) is 20.3 Å². The van der Waals surface area contributed by atoms with Gasteiger partial charge in [-0.15, -0.1) is 0 Å². The van der Waals surface area contributed by atoms with Crippen LogP contribution in [0.25, 0.3) is 0 Å². The van der Waals surface area contributed by atoms with Gasteiger partial charge in [0.15, 0.2) is 12.4 Å². The first kappa shape index (κ1) is 11.6. The summed E-state index contributed by atoms with van der Waals surface area (Å²) in [5.41, 5.74) is 0. The predicted molar refractivity (Wildman–Crippen MR) is 46.1 cm³/mol. The number of rotatable bonds is 5. The van der Waals surface area contributed by atoms with Gasteiger partial charge in [0.25, 0.3) is 0 Å². The number of ketones is 2. The number of carbonyl (C=O) groups is 3. The third kappa shape index (κ3) is 6.93. The lowest BCUT2D eigenvalue weighted by atomic mass is 10.2. The summed E-state index contributed by atoms with van der Waals surface area (Å²) in [5, 5.41) is 0. The molecule has 0 aliphatic heterocycles. The molecule has 0 heterocycles. The highest BCUT2D eigenvalue weighted by molar-refractivity contribution is 5.99. The Bertz CT molecular complexity index is 240. The molecule has 0 atom stereocenters. The van der Waals surface area contributed by atoms with Crippen LogP contribution in [0.3, 0.4) is 0 Å². The van der Waals surface area contributed by atoms with Crippen LogP contribution in [0.5, 0.6) is 0 Å². The van der Waals surface area contributed by atoms with E-state index in [1.54, 1.807) is 6.92 Å². The fraction of sp³-hybridized carbons (Fsp3) is 0.444. The van der Waals surface area contributed by atoms with Crippen molar-refractivity contribution < 1.29 is 19.1 Å². The Balaban J connectivity index is 3.70. The van der Waals surface area contributed by atoms with E-state index < -0.39 is 5.97 Å². The number of Topliss-reactive ketones (excluding diaryl/α,β-unsaturated/α-hetero) is 2. The van der Waals surface area contributed by atoms with Crippen LogP contribution >= 0.6 is 0 Å². The fourth-order valence-electron chi connectivity index (χ4n) is 0.665. The molecule has 0 saturated heterocycles. The van der Waals surface area contributed by atoms with Crippen molar-refractivity contribution in [3.63, 3.8) is 0 Å². The van der Waals surface area contributed by atoms with Gasteiger partial charge in [0.1, 0.15) is 5.78 Å². The Morgan fingerprint density at radius 1 is 1.31 bits per heavy atom. The second kappa shape index (κ2) is 6.11. The molecule has 0 radical (unpaired) electrons. The Hall–Kier alpha value is -1.45. The summed E-state index contributed by atoms with van der Waals surface area (Å²) < 4.78 is 4.52. The Labute approximate surface area is 76.6 Å². The topological polar surface area (TPSA) is 60.4 Å². The van der Waals surface area contributed by atoms with Gasteiger partial charge in [0.05, 0.1) is 6.42 Å². The van der Waals surface area contributed by atoms with Crippen molar-refractivity contribution in [2.75, 3.05) is 6.61 Å². The second-order valence-electron chi connectivity index (χ2n) is 2.53. The molecule has 0 aromatic rings. The molecular weight excluding hydrogens is 172 g/mol. The molecule has 4 heteroatoms. The first-order chi connectivity index (χ1) is 6.06. The summed E-state index contributed by atoms with van der Waals surface area (Å²) in [6, 6.07) is 0. The Morgan fingerprint density at radius 3 is 2.38 bits per heavy atom. The quantitative estimate of drug-likeness (QED) is 0.357. The van der Waals surface area contributed by atoms with Crippen molar-refractivity contribution in [2.45, 2.75) is 20.3 Å². The zero-order valence-electron chi connectivity index (χ0n) is 7.70. The van der Waals surface area contributed by atoms with E-state index in [4.69, 9.17) is 0 Å². The molecular formula is C9H12O4. The van der Waals surface area contributed by atoms with Gasteiger partial charge in [-0.3, -0.25) is 9.59 Å². The minimum atomic E-state index is -0.570. The van der Waals surface area contributed by atoms with Crippen LogP contribution in [0.2, 0.25) is 0 Å². The average Bonchev–Trinajstić information content (AvgIpc) is 2.00. The lowest BCUT2D eigenvalue weighted by Crippen LogP contribution is -2.14. The lowest BCUT2D eigenvalue weighted by Gasteiger charge is -1.98. The molecule has 0 bridgehead atoms. The van der Waals surface area contributed by atoms with Crippen molar-refractivity contribution in [1.29, 1.82) is 0 Å². The molecule has 0 saturated carbocycles. The molecule has 0 fully saturated rings. The number of hydrogen-bond acceptors (Lipinski definition) is 4.